The van der Waals surface area contributed by atoms with E-state index in [0.717, 1.165) is 0 Å². The molecule has 0 aromatic heterocycles. The van der Waals surface area contributed by atoms with Crippen LogP contribution < -0.4 is 5.73 Å². The third kappa shape index (κ3) is 2.69. The molecule has 112 valence electrons. The number of morpholine rings is 1. The minimum Gasteiger partial charge on any atom is -0.479 e. The second-order valence-electron chi connectivity index (χ2n) is 5.52. The lowest BCUT2D eigenvalue weighted by molar-refractivity contribution is -0.154. The molecule has 0 spiro atoms. The number of carbonyl (C=O) groups excluding carboxylic acids is 2. The molecule has 8 heteroatoms. The molecule has 20 heavy (non-hydrogen) atoms. The lowest BCUT2D eigenvalue weighted by Gasteiger charge is -2.34. The number of carboxylic acid groups (broad SMARTS) is 1. The molecule has 2 fully saturated rings. The molecular formula is C12H19N3O5. The third-order valence-electron chi connectivity index (χ3n) is 3.95. The number of urea groups is 1. The Bertz CT molecular complexity index is 437. The van der Waals surface area contributed by atoms with E-state index in [-0.39, 0.29) is 25.7 Å². The van der Waals surface area contributed by atoms with Crippen LogP contribution in [0, 0.1) is 5.41 Å². The van der Waals surface area contributed by atoms with Crippen molar-refractivity contribution >= 4 is 17.9 Å². The molecular weight excluding hydrogens is 266 g/mol. The van der Waals surface area contributed by atoms with Crippen molar-refractivity contribution in [2.75, 3.05) is 32.8 Å². The summed E-state index contributed by atoms with van der Waals surface area (Å²) >= 11 is 0. The third-order valence-corrected chi connectivity index (χ3v) is 3.95. The summed E-state index contributed by atoms with van der Waals surface area (Å²) in [7, 11) is 0. The molecule has 0 aromatic rings. The first-order valence-corrected chi connectivity index (χ1v) is 6.52. The number of carboxylic acids is 1. The highest BCUT2D eigenvalue weighted by atomic mass is 16.5. The Labute approximate surface area is 116 Å². The van der Waals surface area contributed by atoms with Gasteiger partial charge in [0.25, 0.3) is 0 Å². The summed E-state index contributed by atoms with van der Waals surface area (Å²) in [5.74, 6) is -1.50. The Morgan fingerprint density at radius 2 is 2.00 bits per heavy atom. The molecule has 0 aliphatic carbocycles. The lowest BCUT2D eigenvalue weighted by atomic mass is 9.89. The molecule has 0 aromatic carbocycles. The highest BCUT2D eigenvalue weighted by Gasteiger charge is 2.42. The Balaban J connectivity index is 1.98. The van der Waals surface area contributed by atoms with E-state index in [9.17, 15) is 14.4 Å². The maximum atomic E-state index is 12.3. The van der Waals surface area contributed by atoms with E-state index in [4.69, 9.17) is 15.6 Å². The Kier molecular flexibility index (Phi) is 3.85. The predicted octanol–water partition coefficient (Wildman–Crippen LogP) is -0.911. The standard InChI is InChI=1S/C12H19N3O5/c1-12(10(13)18)2-3-15(7-12)11(19)14-4-5-20-8(6-14)9(16)17/h8H,2-7H2,1H3,(H2,13,18)(H,16,17). The van der Waals surface area contributed by atoms with Crippen molar-refractivity contribution in [1.82, 2.24) is 9.80 Å². The highest BCUT2D eigenvalue weighted by molar-refractivity contribution is 5.83. The maximum absolute atomic E-state index is 12.3. The molecule has 2 unspecified atom stereocenters. The fraction of sp³-hybridized carbons (Fsp3) is 0.750. The number of aliphatic carboxylic acids is 1. The molecule has 0 saturated carbocycles. The molecule has 3 amide bonds. The van der Waals surface area contributed by atoms with Gasteiger partial charge in [0.15, 0.2) is 6.10 Å². The van der Waals surface area contributed by atoms with E-state index in [1.807, 2.05) is 0 Å². The highest BCUT2D eigenvalue weighted by Crippen LogP contribution is 2.30. The van der Waals surface area contributed by atoms with Gasteiger partial charge in [-0.1, -0.05) is 0 Å². The number of hydrogen-bond donors (Lipinski definition) is 2. The van der Waals surface area contributed by atoms with Crippen LogP contribution in [0.3, 0.4) is 0 Å². The summed E-state index contributed by atoms with van der Waals surface area (Å²) in [5.41, 5.74) is 4.65. The summed E-state index contributed by atoms with van der Waals surface area (Å²) in [6.45, 7) is 3.04. The fourth-order valence-corrected chi connectivity index (χ4v) is 2.50. The van der Waals surface area contributed by atoms with Crippen LogP contribution in [0.4, 0.5) is 4.79 Å². The number of likely N-dealkylation sites (tertiary alicyclic amines) is 1. The van der Waals surface area contributed by atoms with Crippen molar-refractivity contribution in [3.05, 3.63) is 0 Å². The topological polar surface area (TPSA) is 113 Å². The van der Waals surface area contributed by atoms with Gasteiger partial charge in [0.1, 0.15) is 0 Å². The zero-order chi connectivity index (χ0) is 14.9. The number of ether oxygens (including phenoxy) is 1. The molecule has 2 rings (SSSR count). The van der Waals surface area contributed by atoms with Gasteiger partial charge in [0.2, 0.25) is 5.91 Å². The summed E-state index contributed by atoms with van der Waals surface area (Å²) in [5, 5.41) is 8.92. The zero-order valence-corrected chi connectivity index (χ0v) is 11.4. The molecule has 0 radical (unpaired) electrons. The molecule has 2 aliphatic heterocycles. The molecule has 2 heterocycles. The normalized spacial score (nSPS) is 30.4. The molecule has 2 aliphatic rings. The number of hydrogen-bond acceptors (Lipinski definition) is 4. The predicted molar refractivity (Wildman–Crippen MR) is 67.8 cm³/mol. The molecule has 2 atom stereocenters. The number of nitrogens with zero attached hydrogens (tertiary/aromatic N) is 2. The average Bonchev–Trinajstić information content (AvgIpc) is 2.82. The quantitative estimate of drug-likeness (QED) is 0.682. The van der Waals surface area contributed by atoms with E-state index < -0.39 is 23.4 Å². The summed E-state index contributed by atoms with van der Waals surface area (Å²) < 4.78 is 5.08. The van der Waals surface area contributed by atoms with Gasteiger partial charge in [-0.25, -0.2) is 9.59 Å². The first-order valence-electron chi connectivity index (χ1n) is 6.52. The van der Waals surface area contributed by atoms with Crippen molar-refractivity contribution in [3.8, 4) is 0 Å². The van der Waals surface area contributed by atoms with Crippen LogP contribution in [-0.4, -0.2) is 71.7 Å². The number of rotatable bonds is 2. The van der Waals surface area contributed by atoms with E-state index in [1.165, 1.54) is 4.90 Å². The molecule has 2 saturated heterocycles. The minimum atomic E-state index is -1.08. The van der Waals surface area contributed by atoms with Gasteiger partial charge in [-0.05, 0) is 13.3 Å². The van der Waals surface area contributed by atoms with Gasteiger partial charge in [-0.3, -0.25) is 4.79 Å². The Morgan fingerprint density at radius 3 is 2.55 bits per heavy atom. The van der Waals surface area contributed by atoms with Gasteiger partial charge in [0, 0.05) is 19.6 Å². The van der Waals surface area contributed by atoms with Crippen molar-refractivity contribution in [2.24, 2.45) is 11.1 Å². The van der Waals surface area contributed by atoms with Crippen LogP contribution >= 0.6 is 0 Å². The van der Waals surface area contributed by atoms with E-state index in [1.54, 1.807) is 11.8 Å². The lowest BCUT2D eigenvalue weighted by Crippen LogP contribution is -2.53. The van der Waals surface area contributed by atoms with Crippen molar-refractivity contribution in [3.63, 3.8) is 0 Å². The first kappa shape index (κ1) is 14.6. The Morgan fingerprint density at radius 1 is 1.30 bits per heavy atom. The first-order chi connectivity index (χ1) is 9.33. The molecule has 3 N–H and O–H groups in total. The van der Waals surface area contributed by atoms with Crippen molar-refractivity contribution in [2.45, 2.75) is 19.4 Å². The second-order valence-corrected chi connectivity index (χ2v) is 5.52. The maximum Gasteiger partial charge on any atom is 0.334 e. The molecule has 8 nitrogen and oxygen atoms in total. The minimum absolute atomic E-state index is 0.0257. The van der Waals surface area contributed by atoms with Gasteiger partial charge in [0.05, 0.1) is 18.6 Å². The van der Waals surface area contributed by atoms with Crippen LogP contribution in [0.1, 0.15) is 13.3 Å². The number of nitrogens with two attached hydrogens (primary N) is 1. The monoisotopic (exact) mass is 285 g/mol. The SMILES string of the molecule is CC1(C(N)=O)CCN(C(=O)N2CCOC(C(=O)O)C2)C1. The van der Waals surface area contributed by atoms with Crippen LogP contribution in [0.2, 0.25) is 0 Å². The number of carbonyl (C=O) groups is 3. The fourth-order valence-electron chi connectivity index (χ4n) is 2.50. The van der Waals surface area contributed by atoms with E-state index in [0.29, 0.717) is 19.5 Å². The van der Waals surface area contributed by atoms with Crippen LogP contribution in [0.5, 0.6) is 0 Å². The largest absolute Gasteiger partial charge is 0.479 e. The van der Waals surface area contributed by atoms with Crippen molar-refractivity contribution in [1.29, 1.82) is 0 Å². The summed E-state index contributed by atoms with van der Waals surface area (Å²) in [4.78, 5) is 37.6. The van der Waals surface area contributed by atoms with Gasteiger partial charge < -0.3 is 25.4 Å². The van der Waals surface area contributed by atoms with Gasteiger partial charge in [-0.2, -0.15) is 0 Å². The van der Waals surface area contributed by atoms with Crippen LogP contribution in [0.25, 0.3) is 0 Å². The van der Waals surface area contributed by atoms with Gasteiger partial charge in [-0.15, -0.1) is 0 Å². The number of amides is 3. The van der Waals surface area contributed by atoms with Crippen molar-refractivity contribution < 1.29 is 24.2 Å². The van der Waals surface area contributed by atoms with Crippen LogP contribution in [0.15, 0.2) is 0 Å². The number of primary amides is 1. The molecule has 0 bridgehead atoms. The zero-order valence-electron chi connectivity index (χ0n) is 11.4. The average molecular weight is 285 g/mol. The van der Waals surface area contributed by atoms with Gasteiger partial charge >= 0.3 is 12.0 Å². The second kappa shape index (κ2) is 5.28. The summed E-state index contributed by atoms with van der Waals surface area (Å²) in [6, 6.07) is -0.260. The van der Waals surface area contributed by atoms with Crippen LogP contribution in [-0.2, 0) is 14.3 Å². The van der Waals surface area contributed by atoms with E-state index in [2.05, 4.69) is 0 Å². The Hall–Kier alpha value is -1.83. The summed E-state index contributed by atoms with van der Waals surface area (Å²) in [6.07, 6.45) is -0.460. The van der Waals surface area contributed by atoms with E-state index >= 15 is 0 Å². The smallest absolute Gasteiger partial charge is 0.334 e.